The lowest BCUT2D eigenvalue weighted by Crippen LogP contribution is -2.53. The SMILES string of the molecule is Nc1nc(/C(=C/CCO)C(=O)N[C@H]2Cc3cccc(C(=O)O)c3OB2O)cs1. The Bertz CT molecular complexity index is 931. The van der Waals surface area contributed by atoms with E-state index in [2.05, 4.69) is 10.3 Å². The van der Waals surface area contributed by atoms with E-state index in [1.165, 1.54) is 23.5 Å². The van der Waals surface area contributed by atoms with Crippen LogP contribution in [0.5, 0.6) is 5.75 Å². The molecule has 0 saturated carbocycles. The lowest BCUT2D eigenvalue weighted by atomic mass is 9.72. The van der Waals surface area contributed by atoms with Crippen LogP contribution in [0.25, 0.3) is 5.57 Å². The average molecular weight is 403 g/mol. The van der Waals surface area contributed by atoms with Gasteiger partial charge < -0.3 is 30.9 Å². The minimum absolute atomic E-state index is 0.0530. The second-order valence-corrected chi connectivity index (χ2v) is 6.98. The number of hydrogen-bond acceptors (Lipinski definition) is 8. The summed E-state index contributed by atoms with van der Waals surface area (Å²) < 4.78 is 5.38. The minimum atomic E-state index is -1.42. The number of hydrogen-bond donors (Lipinski definition) is 5. The molecule has 28 heavy (non-hydrogen) atoms. The average Bonchev–Trinajstić information content (AvgIpc) is 3.08. The molecule has 0 aliphatic carbocycles. The third-order valence-electron chi connectivity index (χ3n) is 4.19. The molecule has 0 spiro atoms. The first-order chi connectivity index (χ1) is 13.4. The fourth-order valence-corrected chi connectivity index (χ4v) is 3.46. The quantitative estimate of drug-likeness (QED) is 0.341. The molecule has 1 aromatic carbocycles. The number of carbonyl (C=O) groups excluding carboxylic acids is 1. The number of carbonyl (C=O) groups is 2. The molecule has 6 N–H and O–H groups in total. The molecule has 146 valence electrons. The highest BCUT2D eigenvalue weighted by Crippen LogP contribution is 2.30. The van der Waals surface area contributed by atoms with E-state index in [0.717, 1.165) is 0 Å². The molecule has 9 nitrogen and oxygen atoms in total. The Morgan fingerprint density at radius 1 is 1.46 bits per heavy atom. The first-order valence-corrected chi connectivity index (χ1v) is 9.31. The summed E-state index contributed by atoms with van der Waals surface area (Å²) in [7, 11) is -1.42. The molecule has 1 aliphatic rings. The fourth-order valence-electron chi connectivity index (χ4n) is 2.90. The third kappa shape index (κ3) is 4.16. The summed E-state index contributed by atoms with van der Waals surface area (Å²) in [6, 6.07) is 4.64. The van der Waals surface area contributed by atoms with Crippen LogP contribution in [0.1, 0.15) is 28.0 Å². The number of para-hydroxylation sites is 1. The van der Waals surface area contributed by atoms with Crippen LogP contribution in [0.3, 0.4) is 0 Å². The van der Waals surface area contributed by atoms with Gasteiger partial charge in [0.1, 0.15) is 5.75 Å². The van der Waals surface area contributed by atoms with Crippen molar-refractivity contribution in [3.05, 3.63) is 46.5 Å². The van der Waals surface area contributed by atoms with Crippen molar-refractivity contribution in [2.45, 2.75) is 18.8 Å². The number of carboxylic acids is 1. The number of aromatic nitrogens is 1. The molecule has 2 heterocycles. The number of fused-ring (bicyclic) bond motifs is 1. The lowest BCUT2D eigenvalue weighted by Gasteiger charge is -2.29. The van der Waals surface area contributed by atoms with Crippen LogP contribution in [0.15, 0.2) is 29.7 Å². The Morgan fingerprint density at radius 3 is 2.89 bits per heavy atom. The number of aliphatic hydroxyl groups excluding tert-OH is 1. The van der Waals surface area contributed by atoms with Gasteiger partial charge in [-0.25, -0.2) is 9.78 Å². The second-order valence-electron chi connectivity index (χ2n) is 6.09. The maximum atomic E-state index is 12.8. The highest BCUT2D eigenvalue weighted by Gasteiger charge is 2.38. The zero-order valence-electron chi connectivity index (χ0n) is 14.7. The lowest BCUT2D eigenvalue weighted by molar-refractivity contribution is -0.116. The predicted octanol–water partition coefficient (Wildman–Crippen LogP) is 0.329. The molecule has 1 amide bonds. The maximum absolute atomic E-state index is 12.8. The van der Waals surface area contributed by atoms with Crippen LogP contribution < -0.4 is 15.7 Å². The van der Waals surface area contributed by atoms with E-state index in [4.69, 9.17) is 15.5 Å². The number of thiazole rings is 1. The summed E-state index contributed by atoms with van der Waals surface area (Å²) in [5.74, 6) is -2.38. The van der Waals surface area contributed by atoms with Gasteiger partial charge in [0.15, 0.2) is 5.13 Å². The van der Waals surface area contributed by atoms with E-state index >= 15 is 0 Å². The summed E-state index contributed by atoms with van der Waals surface area (Å²) >= 11 is 1.18. The van der Waals surface area contributed by atoms with E-state index in [-0.39, 0.29) is 36.3 Å². The Balaban J connectivity index is 1.81. The first kappa shape index (κ1) is 19.9. The monoisotopic (exact) mass is 403 g/mol. The van der Waals surface area contributed by atoms with Crippen LogP contribution in [0, 0.1) is 0 Å². The highest BCUT2D eigenvalue weighted by atomic mass is 32.1. The smallest absolute Gasteiger partial charge is 0.534 e. The number of aliphatic hydroxyl groups is 1. The molecular weight excluding hydrogens is 385 g/mol. The number of carboxylic acid groups (broad SMARTS) is 1. The number of anilines is 1. The van der Waals surface area contributed by atoms with Gasteiger partial charge in [-0.3, -0.25) is 4.79 Å². The van der Waals surface area contributed by atoms with Crippen molar-refractivity contribution >= 4 is 41.0 Å². The van der Waals surface area contributed by atoms with Gasteiger partial charge in [0.25, 0.3) is 5.91 Å². The van der Waals surface area contributed by atoms with Gasteiger partial charge in [0, 0.05) is 12.0 Å². The van der Waals surface area contributed by atoms with E-state index in [9.17, 15) is 19.7 Å². The number of benzene rings is 1. The standard InChI is InChI=1S/C17H18BN3O6S/c19-17-20-12(8-28-17)10(5-2-6-22)15(23)21-13-7-9-3-1-4-11(16(24)25)14(9)27-18(13)26/h1,3-5,8,13,22,26H,2,6-7H2,(H2,19,20)(H,21,23)(H,24,25)/b10-5-/t13-/m0/s1. The number of nitrogens with zero attached hydrogens (tertiary/aromatic N) is 1. The number of amides is 1. The van der Waals surface area contributed by atoms with Crippen LogP contribution in [0.2, 0.25) is 0 Å². The molecule has 0 fully saturated rings. The largest absolute Gasteiger partial charge is 0.547 e. The molecule has 2 aromatic rings. The third-order valence-corrected chi connectivity index (χ3v) is 4.86. The molecule has 0 unspecified atom stereocenters. The number of nitrogen functional groups attached to an aromatic ring is 1. The zero-order valence-corrected chi connectivity index (χ0v) is 15.5. The molecular formula is C17H18BN3O6S. The number of nitrogens with one attached hydrogen (secondary N) is 1. The van der Waals surface area contributed by atoms with Crippen molar-refractivity contribution in [1.29, 1.82) is 0 Å². The summed E-state index contributed by atoms with van der Waals surface area (Å²) in [6.45, 7) is -0.142. The highest BCUT2D eigenvalue weighted by molar-refractivity contribution is 7.13. The predicted molar refractivity (Wildman–Crippen MR) is 104 cm³/mol. The van der Waals surface area contributed by atoms with E-state index in [1.54, 1.807) is 17.5 Å². The van der Waals surface area contributed by atoms with Gasteiger partial charge >= 0.3 is 13.1 Å². The zero-order chi connectivity index (χ0) is 20.3. The molecule has 0 saturated heterocycles. The second kappa shape index (κ2) is 8.42. The van der Waals surface area contributed by atoms with Crippen molar-refractivity contribution in [1.82, 2.24) is 10.3 Å². The normalized spacial score (nSPS) is 16.3. The van der Waals surface area contributed by atoms with E-state index < -0.39 is 24.9 Å². The fraction of sp³-hybridized carbons (Fsp3) is 0.235. The van der Waals surface area contributed by atoms with E-state index in [1.807, 2.05) is 0 Å². The van der Waals surface area contributed by atoms with Crippen molar-refractivity contribution < 1.29 is 29.5 Å². The summed E-state index contributed by atoms with van der Waals surface area (Å²) in [6.07, 6.45) is 1.97. The molecule has 1 atom stereocenters. The van der Waals surface area contributed by atoms with Gasteiger partial charge in [0.2, 0.25) is 0 Å². The van der Waals surface area contributed by atoms with Gasteiger partial charge in [-0.1, -0.05) is 18.2 Å². The summed E-state index contributed by atoms with van der Waals surface area (Å²) in [5.41, 5.74) is 6.74. The first-order valence-electron chi connectivity index (χ1n) is 8.44. The maximum Gasteiger partial charge on any atom is 0.547 e. The molecule has 0 radical (unpaired) electrons. The molecule has 11 heteroatoms. The topological polar surface area (TPSA) is 155 Å². The Kier molecular flexibility index (Phi) is 5.97. The Labute approximate surface area is 164 Å². The van der Waals surface area contributed by atoms with Gasteiger partial charge in [-0.15, -0.1) is 11.3 Å². The van der Waals surface area contributed by atoms with Crippen molar-refractivity contribution in [2.75, 3.05) is 12.3 Å². The summed E-state index contributed by atoms with van der Waals surface area (Å²) in [4.78, 5) is 28.2. The molecule has 1 aromatic heterocycles. The van der Waals surface area contributed by atoms with Crippen molar-refractivity contribution in [3.63, 3.8) is 0 Å². The molecule has 1 aliphatic heterocycles. The minimum Gasteiger partial charge on any atom is -0.534 e. The Hall–Kier alpha value is -2.89. The molecule has 3 rings (SSSR count). The number of aromatic carboxylic acids is 1. The van der Waals surface area contributed by atoms with Gasteiger partial charge in [0.05, 0.1) is 22.8 Å². The van der Waals surface area contributed by atoms with Gasteiger partial charge in [-0.2, -0.15) is 0 Å². The number of rotatable bonds is 6. The van der Waals surface area contributed by atoms with Crippen LogP contribution in [-0.2, 0) is 11.2 Å². The van der Waals surface area contributed by atoms with Crippen LogP contribution in [0.4, 0.5) is 5.13 Å². The number of nitrogens with two attached hydrogens (primary N) is 1. The van der Waals surface area contributed by atoms with Crippen LogP contribution >= 0.6 is 11.3 Å². The molecule has 0 bridgehead atoms. The van der Waals surface area contributed by atoms with Crippen molar-refractivity contribution in [2.24, 2.45) is 0 Å². The summed E-state index contributed by atoms with van der Waals surface area (Å²) in [5, 5.41) is 33.2. The van der Waals surface area contributed by atoms with Crippen LogP contribution in [-0.4, -0.2) is 51.8 Å². The Morgan fingerprint density at radius 2 is 2.25 bits per heavy atom. The van der Waals surface area contributed by atoms with Crippen molar-refractivity contribution in [3.8, 4) is 5.75 Å². The van der Waals surface area contributed by atoms with E-state index in [0.29, 0.717) is 16.4 Å². The van der Waals surface area contributed by atoms with Gasteiger partial charge in [-0.05, 0) is 24.5 Å².